The Morgan fingerprint density at radius 2 is 2.00 bits per heavy atom. The van der Waals surface area contributed by atoms with Crippen molar-refractivity contribution in [2.45, 2.75) is 18.9 Å². The highest BCUT2D eigenvalue weighted by Gasteiger charge is 2.27. The number of thiophene rings is 1. The second-order valence-electron chi connectivity index (χ2n) is 5.84. The summed E-state index contributed by atoms with van der Waals surface area (Å²) in [5, 5.41) is 3.18. The average molecular weight is 319 g/mol. The lowest BCUT2D eigenvalue weighted by molar-refractivity contribution is 0.155. The van der Waals surface area contributed by atoms with Crippen molar-refractivity contribution in [2.24, 2.45) is 0 Å². The lowest BCUT2D eigenvalue weighted by Gasteiger charge is -2.38. The highest BCUT2D eigenvalue weighted by atomic mass is 32.1. The van der Waals surface area contributed by atoms with E-state index in [-0.39, 0.29) is 6.03 Å². The van der Waals surface area contributed by atoms with Gasteiger partial charge >= 0.3 is 6.03 Å². The smallest absolute Gasteiger partial charge is 0.319 e. The first-order valence-electron chi connectivity index (χ1n) is 7.45. The van der Waals surface area contributed by atoms with Crippen molar-refractivity contribution in [3.05, 3.63) is 17.8 Å². The molecule has 118 valence electrons. The summed E-state index contributed by atoms with van der Waals surface area (Å²) in [4.78, 5) is 27.7. The van der Waals surface area contributed by atoms with Crippen LogP contribution in [0.4, 0.5) is 10.6 Å². The summed E-state index contributed by atoms with van der Waals surface area (Å²) in [6.07, 6.45) is 3.57. The molecule has 3 heterocycles. The molecule has 3 rings (SSSR count). The van der Waals surface area contributed by atoms with E-state index in [4.69, 9.17) is 0 Å². The predicted octanol–water partition coefficient (Wildman–Crippen LogP) is 2.27. The van der Waals surface area contributed by atoms with Gasteiger partial charge in [0.05, 0.1) is 5.39 Å². The van der Waals surface area contributed by atoms with Crippen molar-refractivity contribution in [3.8, 4) is 0 Å². The van der Waals surface area contributed by atoms with Gasteiger partial charge in [-0.3, -0.25) is 0 Å². The summed E-state index contributed by atoms with van der Waals surface area (Å²) in [6.45, 7) is 1.83. The molecule has 0 saturated carbocycles. The van der Waals surface area contributed by atoms with Gasteiger partial charge in [-0.15, -0.1) is 11.3 Å². The van der Waals surface area contributed by atoms with Gasteiger partial charge in [0, 0.05) is 40.3 Å². The molecular formula is C15H21N5OS. The summed E-state index contributed by atoms with van der Waals surface area (Å²) in [6, 6.07) is 2.45. The van der Waals surface area contributed by atoms with Crippen LogP contribution in [0.2, 0.25) is 0 Å². The van der Waals surface area contributed by atoms with Crippen molar-refractivity contribution in [1.82, 2.24) is 19.8 Å². The predicted molar refractivity (Wildman–Crippen MR) is 89.5 cm³/mol. The number of anilines is 1. The van der Waals surface area contributed by atoms with Crippen molar-refractivity contribution in [3.63, 3.8) is 0 Å². The van der Waals surface area contributed by atoms with Crippen molar-refractivity contribution in [1.29, 1.82) is 0 Å². The largest absolute Gasteiger partial charge is 0.356 e. The highest BCUT2D eigenvalue weighted by Crippen LogP contribution is 2.29. The fourth-order valence-corrected chi connectivity index (χ4v) is 3.69. The molecule has 1 aliphatic rings. The molecule has 6 nitrogen and oxygen atoms in total. The van der Waals surface area contributed by atoms with Crippen LogP contribution in [0.1, 0.15) is 12.8 Å². The summed E-state index contributed by atoms with van der Waals surface area (Å²) >= 11 is 1.64. The Morgan fingerprint density at radius 1 is 1.27 bits per heavy atom. The molecule has 0 radical (unpaired) electrons. The molecule has 0 unspecified atom stereocenters. The van der Waals surface area contributed by atoms with Crippen LogP contribution in [0.5, 0.6) is 0 Å². The Kier molecular flexibility index (Phi) is 4.15. The van der Waals surface area contributed by atoms with Crippen LogP contribution < -0.4 is 4.90 Å². The lowest BCUT2D eigenvalue weighted by Crippen LogP contribution is -2.48. The van der Waals surface area contributed by atoms with E-state index in [1.165, 1.54) is 0 Å². The average Bonchev–Trinajstić information content (AvgIpc) is 3.02. The van der Waals surface area contributed by atoms with Crippen LogP contribution >= 0.6 is 11.3 Å². The summed E-state index contributed by atoms with van der Waals surface area (Å²) in [5.41, 5.74) is 0. The third-order valence-electron chi connectivity index (χ3n) is 4.24. The van der Waals surface area contributed by atoms with Crippen LogP contribution in [0, 0.1) is 0 Å². The summed E-state index contributed by atoms with van der Waals surface area (Å²) < 4.78 is 0. The van der Waals surface area contributed by atoms with Gasteiger partial charge in [0.15, 0.2) is 0 Å². The number of carbonyl (C=O) groups is 1. The zero-order valence-electron chi connectivity index (χ0n) is 13.2. The van der Waals surface area contributed by atoms with Gasteiger partial charge in [-0.2, -0.15) is 0 Å². The molecule has 1 aliphatic heterocycles. The van der Waals surface area contributed by atoms with Crippen LogP contribution in [-0.4, -0.2) is 66.1 Å². The van der Waals surface area contributed by atoms with Crippen molar-refractivity contribution in [2.75, 3.05) is 39.1 Å². The molecule has 22 heavy (non-hydrogen) atoms. The number of hydrogen-bond donors (Lipinski definition) is 0. The van der Waals surface area contributed by atoms with Crippen LogP contribution in [0.25, 0.3) is 10.2 Å². The quantitative estimate of drug-likeness (QED) is 0.852. The SMILES string of the molecule is CN(C)C(=O)N(C)C1CCN(c2ncnc3sccc23)CC1. The summed E-state index contributed by atoms with van der Waals surface area (Å²) in [7, 11) is 5.48. The fourth-order valence-electron chi connectivity index (χ4n) is 2.97. The Hall–Kier alpha value is -1.89. The molecule has 0 aliphatic carbocycles. The molecule has 2 aromatic rings. The van der Waals surface area contributed by atoms with Crippen LogP contribution in [0.15, 0.2) is 17.8 Å². The highest BCUT2D eigenvalue weighted by molar-refractivity contribution is 7.16. The van der Waals surface area contributed by atoms with E-state index in [1.54, 1.807) is 36.7 Å². The van der Waals surface area contributed by atoms with Crippen LogP contribution in [0.3, 0.4) is 0 Å². The minimum Gasteiger partial charge on any atom is -0.356 e. The van der Waals surface area contributed by atoms with Gasteiger partial charge in [-0.05, 0) is 24.3 Å². The third kappa shape index (κ3) is 2.72. The molecular weight excluding hydrogens is 298 g/mol. The number of rotatable bonds is 2. The van der Waals surface area contributed by atoms with E-state index in [0.29, 0.717) is 6.04 Å². The van der Waals surface area contributed by atoms with Crippen molar-refractivity contribution >= 4 is 33.4 Å². The Morgan fingerprint density at radius 3 is 2.68 bits per heavy atom. The number of nitrogens with zero attached hydrogens (tertiary/aromatic N) is 5. The molecule has 0 bridgehead atoms. The molecule has 7 heteroatoms. The molecule has 1 saturated heterocycles. The van der Waals surface area contributed by atoms with Gasteiger partial charge in [-0.25, -0.2) is 14.8 Å². The fraction of sp³-hybridized carbons (Fsp3) is 0.533. The Bertz CT molecular complexity index is 663. The topological polar surface area (TPSA) is 52.6 Å². The molecule has 0 aromatic carbocycles. The zero-order chi connectivity index (χ0) is 15.7. The van der Waals surface area contributed by atoms with Gasteiger partial charge in [0.2, 0.25) is 0 Å². The van der Waals surface area contributed by atoms with Gasteiger partial charge < -0.3 is 14.7 Å². The number of carbonyl (C=O) groups excluding carboxylic acids is 1. The molecule has 0 N–H and O–H groups in total. The Balaban J connectivity index is 1.69. The normalized spacial score (nSPS) is 16.0. The van der Waals surface area contributed by atoms with E-state index < -0.39 is 0 Å². The zero-order valence-corrected chi connectivity index (χ0v) is 14.0. The van der Waals surface area contributed by atoms with E-state index in [9.17, 15) is 4.79 Å². The first kappa shape index (κ1) is 15.0. The first-order valence-corrected chi connectivity index (χ1v) is 8.33. The van der Waals surface area contributed by atoms with Gasteiger partial charge in [0.1, 0.15) is 17.0 Å². The lowest BCUT2D eigenvalue weighted by atomic mass is 10.0. The van der Waals surface area contributed by atoms with E-state index in [1.807, 2.05) is 11.9 Å². The van der Waals surface area contributed by atoms with Gasteiger partial charge in [-0.1, -0.05) is 0 Å². The van der Waals surface area contributed by atoms with Crippen molar-refractivity contribution < 1.29 is 4.79 Å². The number of hydrogen-bond acceptors (Lipinski definition) is 5. The number of amides is 2. The maximum atomic E-state index is 12.1. The standard InChI is InChI=1S/C15H21N5OS/c1-18(2)15(21)19(3)11-4-7-20(8-5-11)13-12-6-9-22-14(12)17-10-16-13/h6,9-11H,4-5,7-8H2,1-3H3. The second kappa shape index (κ2) is 6.08. The first-order chi connectivity index (χ1) is 10.6. The number of fused-ring (bicyclic) bond motifs is 1. The summed E-state index contributed by atoms with van der Waals surface area (Å²) in [5.74, 6) is 1.02. The number of aromatic nitrogens is 2. The third-order valence-corrected chi connectivity index (χ3v) is 5.06. The molecule has 0 spiro atoms. The minimum absolute atomic E-state index is 0.0701. The molecule has 2 aromatic heterocycles. The second-order valence-corrected chi connectivity index (χ2v) is 6.74. The van der Waals surface area contributed by atoms with E-state index >= 15 is 0 Å². The maximum Gasteiger partial charge on any atom is 0.319 e. The molecule has 0 atom stereocenters. The van der Waals surface area contributed by atoms with E-state index in [0.717, 1.165) is 42.0 Å². The molecule has 1 fully saturated rings. The maximum absolute atomic E-state index is 12.1. The van der Waals surface area contributed by atoms with Crippen LogP contribution in [-0.2, 0) is 0 Å². The Labute approximate surface area is 134 Å². The van der Waals surface area contributed by atoms with Gasteiger partial charge in [0.25, 0.3) is 0 Å². The number of urea groups is 1. The molecule has 2 amide bonds. The monoisotopic (exact) mass is 319 g/mol. The minimum atomic E-state index is 0.0701. The van der Waals surface area contributed by atoms with E-state index in [2.05, 4.69) is 26.3 Å². The number of piperidine rings is 1.